The van der Waals surface area contributed by atoms with Crippen molar-refractivity contribution in [3.8, 4) is 0 Å². The summed E-state index contributed by atoms with van der Waals surface area (Å²) >= 11 is 0. The van der Waals surface area contributed by atoms with Crippen LogP contribution in [-0.4, -0.2) is 32.5 Å². The van der Waals surface area contributed by atoms with Gasteiger partial charge in [-0.05, 0) is 25.1 Å². The van der Waals surface area contributed by atoms with Gasteiger partial charge >= 0.3 is 5.69 Å². The maximum absolute atomic E-state index is 13.1. The Bertz CT molecular complexity index is 599. The lowest BCUT2D eigenvalue weighted by Gasteiger charge is -2.11. The first-order valence-corrected chi connectivity index (χ1v) is 7.05. The van der Waals surface area contributed by atoms with Crippen LogP contribution in [0.2, 0.25) is 0 Å². The van der Waals surface area contributed by atoms with Crippen LogP contribution in [0, 0.1) is 15.9 Å². The van der Waals surface area contributed by atoms with E-state index in [9.17, 15) is 22.9 Å². The summed E-state index contributed by atoms with van der Waals surface area (Å²) in [5.74, 6) is -1.06. The van der Waals surface area contributed by atoms with Crippen molar-refractivity contribution in [1.29, 1.82) is 0 Å². The van der Waals surface area contributed by atoms with Gasteiger partial charge < -0.3 is 5.32 Å². The van der Waals surface area contributed by atoms with Crippen LogP contribution in [0.15, 0.2) is 23.1 Å². The third kappa shape index (κ3) is 3.06. The smallest absolute Gasteiger partial charge is 0.306 e. The monoisotopic (exact) mass is 289 g/mol. The van der Waals surface area contributed by atoms with Crippen molar-refractivity contribution in [3.05, 3.63) is 34.1 Å². The Morgan fingerprint density at radius 2 is 2.21 bits per heavy atom. The molecule has 0 aliphatic carbocycles. The Hall–Kier alpha value is -1.58. The highest BCUT2D eigenvalue weighted by Gasteiger charge is 2.25. The van der Waals surface area contributed by atoms with Crippen molar-refractivity contribution in [1.82, 2.24) is 10.0 Å². The maximum atomic E-state index is 13.1. The molecule has 1 atom stereocenters. The summed E-state index contributed by atoms with van der Waals surface area (Å²) in [7, 11) is -3.88. The second kappa shape index (κ2) is 5.19. The molecule has 1 unspecified atom stereocenters. The molecule has 1 saturated heterocycles. The Labute approximate surface area is 109 Å². The van der Waals surface area contributed by atoms with E-state index in [2.05, 4.69) is 10.0 Å². The molecule has 7 nitrogen and oxygen atoms in total. The molecule has 0 amide bonds. The minimum atomic E-state index is -3.88. The van der Waals surface area contributed by atoms with Crippen molar-refractivity contribution in [3.63, 3.8) is 0 Å². The molecule has 1 heterocycles. The lowest BCUT2D eigenvalue weighted by Crippen LogP contribution is -2.36. The third-order valence-corrected chi connectivity index (χ3v) is 4.32. The first-order valence-electron chi connectivity index (χ1n) is 5.57. The van der Waals surface area contributed by atoms with Gasteiger partial charge in [-0.25, -0.2) is 13.1 Å². The van der Waals surface area contributed by atoms with Crippen LogP contribution in [0.5, 0.6) is 0 Å². The van der Waals surface area contributed by atoms with E-state index >= 15 is 0 Å². The summed E-state index contributed by atoms with van der Waals surface area (Å²) in [6.07, 6.45) is 0.641. The number of hydrogen-bond donors (Lipinski definition) is 2. The highest BCUT2D eigenvalue weighted by atomic mass is 32.2. The van der Waals surface area contributed by atoms with Crippen LogP contribution in [0.3, 0.4) is 0 Å². The van der Waals surface area contributed by atoms with E-state index in [1.165, 1.54) is 0 Å². The molecule has 0 spiro atoms. The van der Waals surface area contributed by atoms with E-state index in [4.69, 9.17) is 0 Å². The molecular formula is C10H12FN3O4S. The van der Waals surface area contributed by atoms with Crippen LogP contribution >= 0.6 is 0 Å². The predicted octanol–water partition coefficient (Wildman–Crippen LogP) is 0.374. The summed E-state index contributed by atoms with van der Waals surface area (Å²) in [6, 6.07) is 2.25. The van der Waals surface area contributed by atoms with Crippen LogP contribution in [0.4, 0.5) is 10.1 Å². The maximum Gasteiger partial charge on any atom is 0.306 e. The normalized spacial score (nSPS) is 19.5. The second-order valence-corrected chi connectivity index (χ2v) is 5.90. The van der Waals surface area contributed by atoms with Crippen LogP contribution < -0.4 is 10.0 Å². The molecule has 0 saturated carbocycles. The standard InChI is InChI=1S/C10H12FN3O4S/c11-9-2-1-8(5-10(9)14(15)16)19(17,18)13-7-3-4-12-6-7/h1-2,5,7,12-13H,3-4,6H2. The molecule has 0 radical (unpaired) electrons. The average Bonchev–Trinajstić information content (AvgIpc) is 2.80. The largest absolute Gasteiger partial charge is 0.315 e. The van der Waals surface area contributed by atoms with Crippen molar-refractivity contribution in [2.75, 3.05) is 13.1 Å². The number of halogens is 1. The number of nitro groups is 1. The topological polar surface area (TPSA) is 101 Å². The van der Waals surface area contributed by atoms with Gasteiger partial charge in [0.05, 0.1) is 9.82 Å². The van der Waals surface area contributed by atoms with Crippen molar-refractivity contribution in [2.45, 2.75) is 17.4 Å². The van der Waals surface area contributed by atoms with Gasteiger partial charge in [0.15, 0.2) is 0 Å². The third-order valence-electron chi connectivity index (χ3n) is 2.81. The zero-order chi connectivity index (χ0) is 14.0. The quantitative estimate of drug-likeness (QED) is 0.616. The van der Waals surface area contributed by atoms with E-state index < -0.39 is 26.5 Å². The highest BCUT2D eigenvalue weighted by molar-refractivity contribution is 7.89. The SMILES string of the molecule is O=[N+]([O-])c1cc(S(=O)(=O)NC2CCNC2)ccc1F. The number of rotatable bonds is 4. The molecule has 2 rings (SSSR count). The summed E-state index contributed by atoms with van der Waals surface area (Å²) in [4.78, 5) is 9.32. The van der Waals surface area contributed by atoms with E-state index in [-0.39, 0.29) is 10.9 Å². The minimum absolute atomic E-state index is 0.255. The average molecular weight is 289 g/mol. The number of nitrogens with zero attached hydrogens (tertiary/aromatic N) is 1. The molecule has 9 heteroatoms. The molecule has 1 fully saturated rings. The minimum Gasteiger partial charge on any atom is -0.315 e. The van der Waals surface area contributed by atoms with Crippen LogP contribution in [0.1, 0.15) is 6.42 Å². The van der Waals surface area contributed by atoms with E-state index in [1.807, 2.05) is 0 Å². The molecule has 0 bridgehead atoms. The van der Waals surface area contributed by atoms with E-state index in [0.29, 0.717) is 19.5 Å². The Balaban J connectivity index is 2.29. The van der Waals surface area contributed by atoms with Crippen molar-refractivity contribution in [2.24, 2.45) is 0 Å². The first kappa shape index (κ1) is 13.8. The molecule has 1 aromatic rings. The first-order chi connectivity index (χ1) is 8.90. The molecule has 19 heavy (non-hydrogen) atoms. The molecule has 0 aromatic heterocycles. The van der Waals surface area contributed by atoms with Gasteiger partial charge in [0.2, 0.25) is 15.8 Å². The van der Waals surface area contributed by atoms with Gasteiger partial charge in [0.25, 0.3) is 0 Å². The number of nitro benzene ring substituents is 1. The zero-order valence-corrected chi connectivity index (χ0v) is 10.6. The molecular weight excluding hydrogens is 277 g/mol. The summed E-state index contributed by atoms with van der Waals surface area (Å²) in [5.41, 5.74) is -0.854. The predicted molar refractivity (Wildman–Crippen MR) is 64.7 cm³/mol. The zero-order valence-electron chi connectivity index (χ0n) is 9.80. The molecule has 1 aromatic carbocycles. The van der Waals surface area contributed by atoms with Crippen LogP contribution in [0.25, 0.3) is 0 Å². The highest BCUT2D eigenvalue weighted by Crippen LogP contribution is 2.21. The fourth-order valence-electron chi connectivity index (χ4n) is 1.84. The number of benzene rings is 1. The fraction of sp³-hybridized carbons (Fsp3) is 0.400. The Kier molecular flexibility index (Phi) is 3.78. The number of sulfonamides is 1. The van der Waals surface area contributed by atoms with Gasteiger partial charge in [0.1, 0.15) is 0 Å². The Morgan fingerprint density at radius 1 is 1.47 bits per heavy atom. The lowest BCUT2D eigenvalue weighted by molar-refractivity contribution is -0.387. The molecule has 2 N–H and O–H groups in total. The summed E-state index contributed by atoms with van der Waals surface area (Å²) < 4.78 is 39.5. The molecule has 104 valence electrons. The molecule has 1 aliphatic rings. The fourth-order valence-corrected chi connectivity index (χ4v) is 3.13. The van der Waals surface area contributed by atoms with Gasteiger partial charge in [-0.2, -0.15) is 4.39 Å². The summed E-state index contributed by atoms with van der Waals surface area (Å²) in [6.45, 7) is 1.21. The molecule has 1 aliphatic heterocycles. The van der Waals surface area contributed by atoms with E-state index in [0.717, 1.165) is 18.2 Å². The van der Waals surface area contributed by atoms with Gasteiger partial charge in [-0.3, -0.25) is 10.1 Å². The van der Waals surface area contributed by atoms with E-state index in [1.54, 1.807) is 0 Å². The van der Waals surface area contributed by atoms with Crippen molar-refractivity contribution < 1.29 is 17.7 Å². The second-order valence-electron chi connectivity index (χ2n) is 4.18. The lowest BCUT2D eigenvalue weighted by atomic mass is 10.3. The number of hydrogen-bond acceptors (Lipinski definition) is 5. The van der Waals surface area contributed by atoms with Gasteiger partial charge in [0, 0.05) is 18.7 Å². The number of nitrogens with one attached hydrogen (secondary N) is 2. The van der Waals surface area contributed by atoms with Gasteiger partial charge in [-0.1, -0.05) is 0 Å². The Morgan fingerprint density at radius 3 is 2.79 bits per heavy atom. The summed E-state index contributed by atoms with van der Waals surface area (Å²) in [5, 5.41) is 13.6. The van der Waals surface area contributed by atoms with Gasteiger partial charge in [-0.15, -0.1) is 0 Å². The van der Waals surface area contributed by atoms with Crippen LogP contribution in [-0.2, 0) is 10.0 Å². The van der Waals surface area contributed by atoms with Crippen molar-refractivity contribution >= 4 is 15.7 Å².